The van der Waals surface area contributed by atoms with Crippen molar-refractivity contribution in [1.29, 1.82) is 0 Å². The number of carboxylic acid groups (broad SMARTS) is 1. The van der Waals surface area contributed by atoms with E-state index in [0.717, 1.165) is 6.42 Å². The van der Waals surface area contributed by atoms with Crippen LogP contribution in [0.3, 0.4) is 0 Å². The fourth-order valence-electron chi connectivity index (χ4n) is 4.37. The zero-order valence-electron chi connectivity index (χ0n) is 19.1. The van der Waals surface area contributed by atoms with Gasteiger partial charge in [-0.15, -0.1) is 0 Å². The third-order valence-electron chi connectivity index (χ3n) is 6.25. The van der Waals surface area contributed by atoms with Gasteiger partial charge in [0, 0.05) is 13.0 Å². The minimum atomic E-state index is -1.23. The van der Waals surface area contributed by atoms with Crippen molar-refractivity contribution in [2.24, 2.45) is 0 Å². The number of hydrogen-bond donors (Lipinski definition) is 6. The number of aromatic hydroxyl groups is 1. The number of rotatable bonds is 9. The molecule has 0 radical (unpaired) electrons. The highest BCUT2D eigenvalue weighted by Crippen LogP contribution is 2.20. The van der Waals surface area contributed by atoms with E-state index in [4.69, 9.17) is 0 Å². The standard InChI is InChI=1S/C23H32N4O7/c1-13(28)19(26-20(30)16-4-2-10-24-16)22(32)27-11-3-5-18(27)21(31)25-17(23(33)34)12-14-6-8-15(29)9-7-14/h6-9,13,16-19,24,28-29H,2-5,10-12H2,1H3,(H,25,31)(H,26,30)(H,33,34). The summed E-state index contributed by atoms with van der Waals surface area (Å²) in [7, 11) is 0. The van der Waals surface area contributed by atoms with E-state index in [0.29, 0.717) is 31.4 Å². The fourth-order valence-corrected chi connectivity index (χ4v) is 4.37. The molecule has 0 saturated carbocycles. The van der Waals surface area contributed by atoms with Gasteiger partial charge in [-0.3, -0.25) is 14.4 Å². The lowest BCUT2D eigenvalue weighted by Crippen LogP contribution is -2.59. The van der Waals surface area contributed by atoms with Gasteiger partial charge in [0.15, 0.2) is 0 Å². The third kappa shape index (κ3) is 6.23. The lowest BCUT2D eigenvalue weighted by molar-refractivity contribution is -0.146. The molecular formula is C23H32N4O7. The van der Waals surface area contributed by atoms with Crippen LogP contribution in [0.15, 0.2) is 24.3 Å². The van der Waals surface area contributed by atoms with Crippen molar-refractivity contribution >= 4 is 23.7 Å². The van der Waals surface area contributed by atoms with Crippen LogP contribution < -0.4 is 16.0 Å². The topological polar surface area (TPSA) is 168 Å². The van der Waals surface area contributed by atoms with Gasteiger partial charge in [0.2, 0.25) is 17.7 Å². The predicted octanol–water partition coefficient (Wildman–Crippen LogP) is -0.887. The van der Waals surface area contributed by atoms with E-state index in [1.54, 1.807) is 12.1 Å². The highest BCUT2D eigenvalue weighted by Gasteiger charge is 2.40. The van der Waals surface area contributed by atoms with Crippen LogP contribution in [0.25, 0.3) is 0 Å². The van der Waals surface area contributed by atoms with E-state index < -0.39 is 48.1 Å². The number of phenols is 1. The Morgan fingerprint density at radius 2 is 1.79 bits per heavy atom. The van der Waals surface area contributed by atoms with Crippen LogP contribution in [0.4, 0.5) is 0 Å². The highest BCUT2D eigenvalue weighted by molar-refractivity contribution is 5.95. The number of carbonyl (C=O) groups is 4. The molecular weight excluding hydrogens is 444 g/mol. The maximum Gasteiger partial charge on any atom is 0.326 e. The van der Waals surface area contributed by atoms with Gasteiger partial charge in [0.05, 0.1) is 12.1 Å². The Labute approximate surface area is 197 Å². The average molecular weight is 477 g/mol. The number of benzene rings is 1. The van der Waals surface area contributed by atoms with Crippen LogP contribution in [0.1, 0.15) is 38.2 Å². The molecule has 11 heteroatoms. The third-order valence-corrected chi connectivity index (χ3v) is 6.25. The first-order chi connectivity index (χ1) is 16.2. The first-order valence-electron chi connectivity index (χ1n) is 11.5. The number of likely N-dealkylation sites (tertiary alicyclic amines) is 1. The monoisotopic (exact) mass is 476 g/mol. The van der Waals surface area contributed by atoms with Gasteiger partial charge in [-0.2, -0.15) is 0 Å². The smallest absolute Gasteiger partial charge is 0.326 e. The Balaban J connectivity index is 1.67. The number of carbonyl (C=O) groups excluding carboxylic acids is 3. The van der Waals surface area contributed by atoms with E-state index >= 15 is 0 Å². The maximum absolute atomic E-state index is 13.2. The van der Waals surface area contributed by atoms with Crippen molar-refractivity contribution in [3.05, 3.63) is 29.8 Å². The number of nitrogens with zero attached hydrogens (tertiary/aromatic N) is 1. The number of phenolic OH excluding ortho intramolecular Hbond substituents is 1. The number of aliphatic hydroxyl groups is 1. The molecule has 2 aliphatic rings. The molecule has 5 unspecified atom stereocenters. The SMILES string of the molecule is CC(O)C(NC(=O)C1CCCN1)C(=O)N1CCCC1C(=O)NC(Cc1ccc(O)cc1)C(=O)O. The molecule has 0 spiro atoms. The summed E-state index contributed by atoms with van der Waals surface area (Å²) in [4.78, 5) is 51.7. The van der Waals surface area contributed by atoms with Crippen molar-refractivity contribution < 1.29 is 34.5 Å². The number of hydrogen-bond acceptors (Lipinski definition) is 7. The zero-order chi connectivity index (χ0) is 24.8. The molecule has 1 aromatic carbocycles. The summed E-state index contributed by atoms with van der Waals surface area (Å²) in [6, 6.07) is 2.22. The number of nitrogens with one attached hydrogen (secondary N) is 3. The molecule has 0 bridgehead atoms. The van der Waals surface area contributed by atoms with Crippen LogP contribution >= 0.6 is 0 Å². The fraction of sp³-hybridized carbons (Fsp3) is 0.565. The number of aliphatic hydroxyl groups excluding tert-OH is 1. The minimum Gasteiger partial charge on any atom is -0.508 e. The van der Waals surface area contributed by atoms with Crippen molar-refractivity contribution in [1.82, 2.24) is 20.9 Å². The Morgan fingerprint density at radius 1 is 1.09 bits per heavy atom. The van der Waals surface area contributed by atoms with Crippen LogP contribution in [-0.4, -0.2) is 87.3 Å². The number of aliphatic carboxylic acids is 1. The summed E-state index contributed by atoms with van der Waals surface area (Å²) >= 11 is 0. The molecule has 0 aromatic heterocycles. The summed E-state index contributed by atoms with van der Waals surface area (Å²) in [6.07, 6.45) is 1.18. The van der Waals surface area contributed by atoms with Crippen LogP contribution in [0.5, 0.6) is 5.75 Å². The Kier molecular flexibility index (Phi) is 8.46. The molecule has 186 valence electrons. The van der Waals surface area contributed by atoms with E-state index in [1.165, 1.54) is 24.0 Å². The summed E-state index contributed by atoms with van der Waals surface area (Å²) in [5, 5.41) is 37.3. The van der Waals surface area contributed by atoms with Gasteiger partial charge >= 0.3 is 5.97 Å². The molecule has 6 N–H and O–H groups in total. The summed E-state index contributed by atoms with van der Waals surface area (Å²) in [6.45, 7) is 2.36. The molecule has 2 saturated heterocycles. The molecule has 5 atom stereocenters. The number of amides is 3. The second kappa shape index (κ2) is 11.3. The quantitative estimate of drug-likeness (QED) is 0.267. The maximum atomic E-state index is 13.2. The first-order valence-corrected chi connectivity index (χ1v) is 11.5. The molecule has 0 aliphatic carbocycles. The Morgan fingerprint density at radius 3 is 2.38 bits per heavy atom. The molecule has 1 aromatic rings. The largest absolute Gasteiger partial charge is 0.508 e. The molecule has 2 aliphatic heterocycles. The van der Waals surface area contributed by atoms with Gasteiger partial charge < -0.3 is 36.2 Å². The Bertz CT molecular complexity index is 899. The van der Waals surface area contributed by atoms with Crippen LogP contribution in [0.2, 0.25) is 0 Å². The molecule has 34 heavy (non-hydrogen) atoms. The predicted molar refractivity (Wildman–Crippen MR) is 121 cm³/mol. The van der Waals surface area contributed by atoms with Crippen molar-refractivity contribution in [3.63, 3.8) is 0 Å². The molecule has 2 heterocycles. The van der Waals surface area contributed by atoms with E-state index in [-0.39, 0.29) is 24.6 Å². The zero-order valence-corrected chi connectivity index (χ0v) is 19.1. The molecule has 11 nitrogen and oxygen atoms in total. The van der Waals surface area contributed by atoms with Crippen LogP contribution in [0, 0.1) is 0 Å². The second-order valence-corrected chi connectivity index (χ2v) is 8.84. The second-order valence-electron chi connectivity index (χ2n) is 8.84. The Hall–Kier alpha value is -3.18. The summed E-state index contributed by atoms with van der Waals surface area (Å²) in [5.74, 6) is -2.75. The van der Waals surface area contributed by atoms with Gasteiger partial charge in [-0.1, -0.05) is 12.1 Å². The minimum absolute atomic E-state index is 0.00274. The summed E-state index contributed by atoms with van der Waals surface area (Å²) < 4.78 is 0. The number of carboxylic acids is 1. The van der Waals surface area contributed by atoms with Crippen molar-refractivity contribution in [3.8, 4) is 5.75 Å². The van der Waals surface area contributed by atoms with Crippen molar-refractivity contribution in [2.75, 3.05) is 13.1 Å². The highest BCUT2D eigenvalue weighted by atomic mass is 16.4. The van der Waals surface area contributed by atoms with Gasteiger partial charge in [0.1, 0.15) is 23.9 Å². The first kappa shape index (κ1) is 25.4. The lowest BCUT2D eigenvalue weighted by atomic mass is 10.0. The molecule has 3 rings (SSSR count). The summed E-state index contributed by atoms with van der Waals surface area (Å²) in [5.41, 5.74) is 0.613. The van der Waals surface area contributed by atoms with E-state index in [9.17, 15) is 34.5 Å². The van der Waals surface area contributed by atoms with E-state index in [2.05, 4.69) is 16.0 Å². The van der Waals surface area contributed by atoms with Gasteiger partial charge in [-0.05, 0) is 56.8 Å². The molecule has 3 amide bonds. The van der Waals surface area contributed by atoms with Gasteiger partial charge in [0.25, 0.3) is 0 Å². The van der Waals surface area contributed by atoms with Crippen LogP contribution in [-0.2, 0) is 25.6 Å². The van der Waals surface area contributed by atoms with Crippen molar-refractivity contribution in [2.45, 2.75) is 69.3 Å². The normalized spacial score (nSPS) is 22.6. The van der Waals surface area contributed by atoms with Gasteiger partial charge in [-0.25, -0.2) is 4.79 Å². The van der Waals surface area contributed by atoms with E-state index in [1.807, 2.05) is 0 Å². The molecule has 2 fully saturated rings. The lowest BCUT2D eigenvalue weighted by Gasteiger charge is -2.31. The average Bonchev–Trinajstić information content (AvgIpc) is 3.50.